The molecule has 26 heavy (non-hydrogen) atoms. The minimum absolute atomic E-state index is 0.00888. The summed E-state index contributed by atoms with van der Waals surface area (Å²) < 4.78 is 0. The molecule has 7 heteroatoms. The van der Waals surface area contributed by atoms with Crippen molar-refractivity contribution < 1.29 is 9.59 Å². The zero-order valence-corrected chi connectivity index (χ0v) is 14.2. The number of amides is 2. The van der Waals surface area contributed by atoms with Crippen LogP contribution in [-0.2, 0) is 4.79 Å². The third kappa shape index (κ3) is 2.77. The Morgan fingerprint density at radius 2 is 2.00 bits per heavy atom. The van der Waals surface area contributed by atoms with E-state index < -0.39 is 0 Å². The summed E-state index contributed by atoms with van der Waals surface area (Å²) in [5, 5.41) is 3.70. The first-order chi connectivity index (χ1) is 12.6. The number of carbonyl (C=O) groups excluding carboxylic acids is 2. The summed E-state index contributed by atoms with van der Waals surface area (Å²) in [6.07, 6.45) is 8.53. The lowest BCUT2D eigenvalue weighted by Gasteiger charge is -2.25. The molecular weight excluding hydrogens is 330 g/mol. The fourth-order valence-corrected chi connectivity index (χ4v) is 3.44. The molecular formula is C19H17N5O2. The van der Waals surface area contributed by atoms with E-state index in [0.717, 1.165) is 5.56 Å². The van der Waals surface area contributed by atoms with Crippen LogP contribution in [0.1, 0.15) is 28.4 Å². The van der Waals surface area contributed by atoms with Crippen molar-refractivity contribution in [1.29, 1.82) is 0 Å². The molecule has 1 saturated heterocycles. The van der Waals surface area contributed by atoms with Crippen molar-refractivity contribution in [2.75, 3.05) is 7.05 Å². The quantitative estimate of drug-likeness (QED) is 0.779. The van der Waals surface area contributed by atoms with Crippen LogP contribution in [0.4, 0.5) is 0 Å². The van der Waals surface area contributed by atoms with Gasteiger partial charge in [-0.1, -0.05) is 6.07 Å². The van der Waals surface area contributed by atoms with E-state index in [1.54, 1.807) is 55.1 Å². The summed E-state index contributed by atoms with van der Waals surface area (Å²) in [5.74, 6) is -0.252. The molecule has 130 valence electrons. The van der Waals surface area contributed by atoms with Crippen molar-refractivity contribution in [1.82, 2.24) is 25.2 Å². The number of nitrogens with one attached hydrogen (secondary N) is 1. The molecule has 0 saturated carbocycles. The molecule has 0 bridgehead atoms. The second-order valence-electron chi connectivity index (χ2n) is 6.27. The minimum atomic E-state index is -0.330. The highest BCUT2D eigenvalue weighted by Gasteiger charge is 2.39. The Bertz CT molecular complexity index is 971. The molecule has 2 amide bonds. The van der Waals surface area contributed by atoms with E-state index in [1.165, 1.54) is 0 Å². The Morgan fingerprint density at radius 1 is 1.15 bits per heavy atom. The Hall–Kier alpha value is -3.35. The lowest BCUT2D eigenvalue weighted by Crippen LogP contribution is -2.39. The van der Waals surface area contributed by atoms with Gasteiger partial charge in [-0.25, -0.2) is 0 Å². The summed E-state index contributed by atoms with van der Waals surface area (Å²) in [6.45, 7) is 0. The number of nitrogens with zero attached hydrogens (tertiary/aromatic N) is 4. The highest BCUT2D eigenvalue weighted by molar-refractivity contribution is 6.06. The summed E-state index contributed by atoms with van der Waals surface area (Å²) in [4.78, 5) is 39.3. The topological polar surface area (TPSA) is 88.1 Å². The average molecular weight is 347 g/mol. The van der Waals surface area contributed by atoms with Gasteiger partial charge in [0.25, 0.3) is 5.91 Å². The third-order valence-corrected chi connectivity index (χ3v) is 4.72. The van der Waals surface area contributed by atoms with Crippen LogP contribution in [-0.4, -0.2) is 44.8 Å². The number of hydrogen-bond acceptors (Lipinski definition) is 5. The molecule has 1 fully saturated rings. The second kappa shape index (κ2) is 6.51. The van der Waals surface area contributed by atoms with Crippen molar-refractivity contribution >= 4 is 22.7 Å². The summed E-state index contributed by atoms with van der Waals surface area (Å²) >= 11 is 0. The van der Waals surface area contributed by atoms with E-state index in [9.17, 15) is 9.59 Å². The first-order valence-corrected chi connectivity index (χ1v) is 8.30. The molecule has 3 aromatic heterocycles. The van der Waals surface area contributed by atoms with Crippen molar-refractivity contribution in [3.63, 3.8) is 0 Å². The Morgan fingerprint density at radius 3 is 2.81 bits per heavy atom. The van der Waals surface area contributed by atoms with Crippen molar-refractivity contribution in [2.45, 2.75) is 18.5 Å². The standard InChI is InChI=1S/C19H17N5O2/c1-24-17(25)9-16(18(24)12-3-2-6-20-10-12)23-19(26)13-4-8-22-15-5-7-21-11-14(13)15/h2-8,10-11,16,18H,9H2,1H3,(H,23,26)/t16-,18+/m1/s1. The highest BCUT2D eigenvalue weighted by atomic mass is 16.2. The van der Waals surface area contributed by atoms with Gasteiger partial charge < -0.3 is 10.2 Å². The number of fused-ring (bicyclic) bond motifs is 1. The second-order valence-corrected chi connectivity index (χ2v) is 6.27. The zero-order chi connectivity index (χ0) is 18.1. The summed E-state index contributed by atoms with van der Waals surface area (Å²) in [7, 11) is 1.75. The predicted octanol–water partition coefficient (Wildman–Crippen LogP) is 1.73. The highest BCUT2D eigenvalue weighted by Crippen LogP contribution is 2.31. The van der Waals surface area contributed by atoms with Gasteiger partial charge in [-0.3, -0.25) is 24.5 Å². The molecule has 0 aromatic carbocycles. The first kappa shape index (κ1) is 16.1. The number of carbonyl (C=O) groups is 2. The van der Waals surface area contributed by atoms with E-state index in [4.69, 9.17) is 0 Å². The molecule has 1 N–H and O–H groups in total. The number of likely N-dealkylation sites (tertiary alicyclic amines) is 1. The van der Waals surface area contributed by atoms with E-state index >= 15 is 0 Å². The van der Waals surface area contributed by atoms with Gasteiger partial charge in [0.15, 0.2) is 0 Å². The number of hydrogen-bond donors (Lipinski definition) is 1. The SMILES string of the molecule is CN1C(=O)C[C@@H](NC(=O)c2ccnc3ccncc23)[C@@H]1c1cccnc1. The number of likely N-dealkylation sites (N-methyl/N-ethyl adjacent to an activating group) is 1. The fraction of sp³-hybridized carbons (Fsp3) is 0.211. The van der Waals surface area contributed by atoms with Crippen LogP contribution in [0.5, 0.6) is 0 Å². The number of pyridine rings is 3. The molecule has 1 aliphatic heterocycles. The van der Waals surface area contributed by atoms with Gasteiger partial charge in [-0.2, -0.15) is 0 Å². The lowest BCUT2D eigenvalue weighted by atomic mass is 10.0. The van der Waals surface area contributed by atoms with Crippen LogP contribution in [0.25, 0.3) is 10.9 Å². The van der Waals surface area contributed by atoms with Crippen LogP contribution in [0.2, 0.25) is 0 Å². The van der Waals surface area contributed by atoms with Crippen LogP contribution in [0.3, 0.4) is 0 Å². The maximum absolute atomic E-state index is 12.9. The van der Waals surface area contributed by atoms with Crippen LogP contribution >= 0.6 is 0 Å². The molecule has 7 nitrogen and oxygen atoms in total. The smallest absolute Gasteiger partial charge is 0.252 e. The molecule has 1 aliphatic rings. The van der Waals surface area contributed by atoms with Crippen molar-refractivity contribution in [3.05, 3.63) is 66.4 Å². The Balaban J connectivity index is 1.65. The van der Waals surface area contributed by atoms with Crippen LogP contribution in [0, 0.1) is 0 Å². The monoisotopic (exact) mass is 347 g/mol. The van der Waals surface area contributed by atoms with Gasteiger partial charge in [-0.15, -0.1) is 0 Å². The minimum Gasteiger partial charge on any atom is -0.346 e. The number of rotatable bonds is 3. The number of aromatic nitrogens is 3. The normalized spacial score (nSPS) is 19.7. The predicted molar refractivity (Wildman–Crippen MR) is 95.2 cm³/mol. The lowest BCUT2D eigenvalue weighted by molar-refractivity contribution is -0.127. The Kier molecular flexibility index (Phi) is 4.04. The molecule has 0 radical (unpaired) electrons. The van der Waals surface area contributed by atoms with Gasteiger partial charge in [0, 0.05) is 49.8 Å². The average Bonchev–Trinajstić information content (AvgIpc) is 2.95. The van der Waals surface area contributed by atoms with Gasteiger partial charge in [0.2, 0.25) is 5.91 Å². The molecule has 0 aliphatic carbocycles. The maximum atomic E-state index is 12.9. The van der Waals surface area contributed by atoms with E-state index in [-0.39, 0.29) is 30.3 Å². The van der Waals surface area contributed by atoms with Gasteiger partial charge in [0.1, 0.15) is 0 Å². The largest absolute Gasteiger partial charge is 0.346 e. The van der Waals surface area contributed by atoms with Crippen LogP contribution < -0.4 is 5.32 Å². The van der Waals surface area contributed by atoms with Crippen molar-refractivity contribution in [2.24, 2.45) is 0 Å². The van der Waals surface area contributed by atoms with Gasteiger partial charge in [0.05, 0.1) is 23.2 Å². The molecule has 3 aromatic rings. The fourth-order valence-electron chi connectivity index (χ4n) is 3.44. The summed E-state index contributed by atoms with van der Waals surface area (Å²) in [5.41, 5.74) is 2.10. The summed E-state index contributed by atoms with van der Waals surface area (Å²) in [6, 6.07) is 6.59. The van der Waals surface area contributed by atoms with Gasteiger partial charge >= 0.3 is 0 Å². The van der Waals surface area contributed by atoms with Crippen LogP contribution in [0.15, 0.2) is 55.2 Å². The zero-order valence-electron chi connectivity index (χ0n) is 14.2. The van der Waals surface area contributed by atoms with E-state index in [0.29, 0.717) is 16.5 Å². The van der Waals surface area contributed by atoms with Crippen molar-refractivity contribution in [3.8, 4) is 0 Å². The third-order valence-electron chi connectivity index (χ3n) is 4.72. The molecule has 4 rings (SSSR count). The molecule has 0 spiro atoms. The Labute approximate surface area is 150 Å². The molecule has 2 atom stereocenters. The van der Waals surface area contributed by atoms with Gasteiger partial charge in [-0.05, 0) is 23.8 Å². The molecule has 0 unspecified atom stereocenters. The first-order valence-electron chi connectivity index (χ1n) is 8.30. The van der Waals surface area contributed by atoms with E-state index in [1.807, 2.05) is 12.1 Å². The van der Waals surface area contributed by atoms with E-state index in [2.05, 4.69) is 20.3 Å². The maximum Gasteiger partial charge on any atom is 0.252 e. The molecule has 4 heterocycles.